The van der Waals surface area contributed by atoms with Gasteiger partial charge in [0.1, 0.15) is 0 Å². The van der Waals surface area contributed by atoms with Crippen molar-refractivity contribution in [1.82, 2.24) is 4.72 Å². The highest BCUT2D eigenvalue weighted by molar-refractivity contribution is 9.11. The minimum atomic E-state index is -3.50. The summed E-state index contributed by atoms with van der Waals surface area (Å²) >= 11 is 6.53. The van der Waals surface area contributed by atoms with Crippen molar-refractivity contribution in [3.8, 4) is 0 Å². The van der Waals surface area contributed by atoms with E-state index in [1.54, 1.807) is 18.2 Å². The second kappa shape index (κ2) is 8.36. The zero-order valence-electron chi connectivity index (χ0n) is 10.7. The Labute approximate surface area is 131 Å². The lowest BCUT2D eigenvalue weighted by Crippen LogP contribution is -2.27. The minimum Gasteiger partial charge on any atom is -0.380 e. The van der Waals surface area contributed by atoms with E-state index in [4.69, 9.17) is 4.74 Å². The van der Waals surface area contributed by atoms with Crippen LogP contribution in [0.25, 0.3) is 0 Å². The number of benzene rings is 1. The Kier molecular flexibility index (Phi) is 7.53. The summed E-state index contributed by atoms with van der Waals surface area (Å²) in [7, 11) is -3.50. The van der Waals surface area contributed by atoms with Crippen molar-refractivity contribution in [2.45, 2.75) is 24.7 Å². The van der Waals surface area contributed by atoms with Gasteiger partial charge in [0.25, 0.3) is 0 Å². The third-order valence-electron chi connectivity index (χ3n) is 2.36. The average Bonchev–Trinajstić information content (AvgIpc) is 2.33. The van der Waals surface area contributed by atoms with Gasteiger partial charge in [-0.2, -0.15) is 0 Å². The Morgan fingerprint density at radius 1 is 1.26 bits per heavy atom. The second-order valence-corrected chi connectivity index (χ2v) is 7.44. The monoisotopic (exact) mass is 413 g/mol. The molecule has 0 unspecified atom stereocenters. The van der Waals surface area contributed by atoms with Crippen molar-refractivity contribution in [2.75, 3.05) is 19.8 Å². The quantitative estimate of drug-likeness (QED) is 0.664. The van der Waals surface area contributed by atoms with Crippen LogP contribution in [0, 0.1) is 0 Å². The summed E-state index contributed by atoms with van der Waals surface area (Å²) in [5, 5.41) is 0. The first-order valence-electron chi connectivity index (χ1n) is 6.00. The summed E-state index contributed by atoms with van der Waals surface area (Å²) in [4.78, 5) is 0.226. The zero-order valence-corrected chi connectivity index (χ0v) is 14.6. The first-order valence-corrected chi connectivity index (χ1v) is 9.06. The van der Waals surface area contributed by atoms with E-state index in [-0.39, 0.29) is 11.4 Å². The molecule has 0 amide bonds. The molecule has 1 rings (SSSR count). The van der Waals surface area contributed by atoms with E-state index in [1.165, 1.54) is 0 Å². The van der Waals surface area contributed by atoms with Crippen molar-refractivity contribution in [1.29, 1.82) is 0 Å². The molecule has 0 spiro atoms. The predicted octanol–water partition coefficient (Wildman–Crippen LogP) is 3.31. The molecule has 1 aromatic rings. The van der Waals surface area contributed by atoms with Crippen LogP contribution in [0.5, 0.6) is 0 Å². The van der Waals surface area contributed by atoms with Crippen molar-refractivity contribution in [3.05, 3.63) is 27.1 Å². The number of hydrogen-bond acceptors (Lipinski definition) is 3. The van der Waals surface area contributed by atoms with Crippen molar-refractivity contribution in [3.63, 3.8) is 0 Å². The third-order valence-corrected chi connectivity index (χ3v) is 5.30. The molecular weight excluding hydrogens is 398 g/mol. The Balaban J connectivity index is 2.52. The maximum absolute atomic E-state index is 12.0. The van der Waals surface area contributed by atoms with Gasteiger partial charge in [-0.3, -0.25) is 0 Å². The Hall–Kier alpha value is 0.0500. The van der Waals surface area contributed by atoms with Crippen molar-refractivity contribution >= 4 is 41.9 Å². The molecule has 4 nitrogen and oxygen atoms in total. The molecule has 0 atom stereocenters. The molecule has 0 aliphatic rings. The van der Waals surface area contributed by atoms with E-state index < -0.39 is 10.0 Å². The fourth-order valence-electron chi connectivity index (χ4n) is 1.37. The molecule has 0 radical (unpaired) electrons. The molecule has 108 valence electrons. The summed E-state index contributed by atoms with van der Waals surface area (Å²) in [5.41, 5.74) is 0. The molecule has 1 aromatic carbocycles. The van der Waals surface area contributed by atoms with E-state index in [9.17, 15) is 8.42 Å². The van der Waals surface area contributed by atoms with Crippen LogP contribution in [0.3, 0.4) is 0 Å². The van der Waals surface area contributed by atoms with E-state index in [2.05, 4.69) is 43.5 Å². The number of ether oxygens (including phenoxy) is 1. The van der Waals surface area contributed by atoms with Gasteiger partial charge in [-0.05, 0) is 40.5 Å². The van der Waals surface area contributed by atoms with Gasteiger partial charge in [-0.15, -0.1) is 0 Å². The summed E-state index contributed by atoms with van der Waals surface area (Å²) in [6.07, 6.45) is 2.06. The summed E-state index contributed by atoms with van der Waals surface area (Å²) in [6.45, 7) is 3.40. The topological polar surface area (TPSA) is 55.4 Å². The van der Waals surface area contributed by atoms with Crippen LogP contribution in [0.4, 0.5) is 0 Å². The van der Waals surface area contributed by atoms with Gasteiger partial charge < -0.3 is 4.74 Å². The second-order valence-electron chi connectivity index (χ2n) is 3.94. The van der Waals surface area contributed by atoms with Gasteiger partial charge in [0, 0.05) is 22.1 Å². The van der Waals surface area contributed by atoms with E-state index in [1.807, 2.05) is 0 Å². The molecule has 19 heavy (non-hydrogen) atoms. The fourth-order valence-corrected chi connectivity index (χ4v) is 4.12. The van der Waals surface area contributed by atoms with Crippen LogP contribution in [-0.2, 0) is 14.8 Å². The molecule has 0 aliphatic carbocycles. The maximum atomic E-state index is 12.0. The Bertz CT molecular complexity index is 506. The maximum Gasteiger partial charge on any atom is 0.241 e. The van der Waals surface area contributed by atoms with Gasteiger partial charge in [-0.25, -0.2) is 13.1 Å². The number of sulfonamides is 1. The van der Waals surface area contributed by atoms with Crippen LogP contribution in [-0.4, -0.2) is 28.2 Å². The van der Waals surface area contributed by atoms with Crippen LogP contribution < -0.4 is 4.72 Å². The van der Waals surface area contributed by atoms with Gasteiger partial charge in [0.05, 0.1) is 11.5 Å². The summed E-state index contributed by atoms with van der Waals surface area (Å²) in [5.74, 6) is 0. The Morgan fingerprint density at radius 3 is 2.63 bits per heavy atom. The largest absolute Gasteiger partial charge is 0.380 e. The number of rotatable bonds is 8. The van der Waals surface area contributed by atoms with Gasteiger partial charge in [0.15, 0.2) is 0 Å². The minimum absolute atomic E-state index is 0.226. The number of halogens is 2. The third kappa shape index (κ3) is 5.91. The normalized spacial score (nSPS) is 11.7. The molecule has 0 saturated heterocycles. The molecule has 0 bridgehead atoms. The molecular formula is C12H17Br2NO3S. The number of hydrogen-bond donors (Lipinski definition) is 1. The molecule has 0 fully saturated rings. The van der Waals surface area contributed by atoms with Gasteiger partial charge in [0.2, 0.25) is 10.0 Å². The highest BCUT2D eigenvalue weighted by Crippen LogP contribution is 2.25. The van der Waals surface area contributed by atoms with Crippen LogP contribution >= 0.6 is 31.9 Å². The lowest BCUT2D eigenvalue weighted by Gasteiger charge is -2.09. The zero-order chi connectivity index (χ0) is 14.3. The van der Waals surface area contributed by atoms with Gasteiger partial charge in [-0.1, -0.05) is 29.3 Å². The fraction of sp³-hybridized carbons (Fsp3) is 0.500. The number of nitrogens with one attached hydrogen (secondary N) is 1. The van der Waals surface area contributed by atoms with Gasteiger partial charge >= 0.3 is 0 Å². The highest BCUT2D eigenvalue weighted by Gasteiger charge is 2.16. The summed E-state index contributed by atoms with van der Waals surface area (Å²) in [6, 6.07) is 4.94. The SMILES string of the molecule is CCCCOCCNS(=O)(=O)c1ccc(Br)cc1Br. The molecule has 0 aromatic heterocycles. The molecule has 1 N–H and O–H groups in total. The standard InChI is InChI=1S/C12H17Br2NO3S/c1-2-3-7-18-8-6-15-19(16,17)12-5-4-10(13)9-11(12)14/h4-5,9,15H,2-3,6-8H2,1H3. The lowest BCUT2D eigenvalue weighted by atomic mass is 10.4. The van der Waals surface area contributed by atoms with E-state index >= 15 is 0 Å². The van der Waals surface area contributed by atoms with E-state index in [0.717, 1.165) is 17.3 Å². The highest BCUT2D eigenvalue weighted by atomic mass is 79.9. The van der Waals surface area contributed by atoms with Crippen molar-refractivity contribution < 1.29 is 13.2 Å². The van der Waals surface area contributed by atoms with Crippen LogP contribution in [0.15, 0.2) is 32.0 Å². The average molecular weight is 415 g/mol. The number of unbranched alkanes of at least 4 members (excludes halogenated alkanes) is 1. The van der Waals surface area contributed by atoms with Crippen LogP contribution in [0.1, 0.15) is 19.8 Å². The summed E-state index contributed by atoms with van der Waals surface area (Å²) < 4.78 is 33.3. The molecule has 0 heterocycles. The Morgan fingerprint density at radius 2 is 2.00 bits per heavy atom. The van der Waals surface area contributed by atoms with Crippen LogP contribution in [0.2, 0.25) is 0 Å². The molecule has 0 aliphatic heterocycles. The molecule has 7 heteroatoms. The molecule has 0 saturated carbocycles. The van der Waals surface area contributed by atoms with E-state index in [0.29, 0.717) is 17.7 Å². The van der Waals surface area contributed by atoms with Crippen molar-refractivity contribution in [2.24, 2.45) is 0 Å². The first kappa shape index (κ1) is 17.1. The predicted molar refractivity (Wildman–Crippen MR) is 82.8 cm³/mol. The lowest BCUT2D eigenvalue weighted by molar-refractivity contribution is 0.136. The smallest absolute Gasteiger partial charge is 0.241 e. The first-order chi connectivity index (χ1) is 8.97.